The first-order valence-electron chi connectivity index (χ1n) is 13.5. The van der Waals surface area contributed by atoms with Crippen molar-refractivity contribution in [2.45, 2.75) is 84.0 Å². The minimum atomic E-state index is -3.11. The van der Waals surface area contributed by atoms with E-state index < -0.39 is 59.6 Å². The van der Waals surface area contributed by atoms with Crippen LogP contribution in [0.15, 0.2) is 48.5 Å². The first-order chi connectivity index (χ1) is 18.1. The van der Waals surface area contributed by atoms with Crippen LogP contribution in [-0.4, -0.2) is 47.0 Å². The molecule has 8 heteroatoms. The van der Waals surface area contributed by atoms with Gasteiger partial charge in [0.25, 0.3) is 5.92 Å². The fourth-order valence-electron chi connectivity index (χ4n) is 6.00. The Kier molecular flexibility index (Phi) is 7.58. The molecule has 0 radical (unpaired) electrons. The molecule has 2 aromatic rings. The Labute approximate surface area is 229 Å². The summed E-state index contributed by atoms with van der Waals surface area (Å²) in [6, 6.07) is 12.6. The van der Waals surface area contributed by atoms with E-state index in [4.69, 9.17) is 4.74 Å². The van der Waals surface area contributed by atoms with Crippen LogP contribution in [0.4, 0.5) is 8.78 Å². The molecule has 2 N–H and O–H groups in total. The van der Waals surface area contributed by atoms with Gasteiger partial charge in [0.2, 0.25) is 5.91 Å². The molecule has 6 nitrogen and oxygen atoms in total. The number of rotatable bonds is 7. The molecule has 4 rings (SSSR count). The highest BCUT2D eigenvalue weighted by atomic mass is 19.3. The molecule has 2 fully saturated rings. The molecule has 5 atom stereocenters. The molecule has 0 aromatic heterocycles. The van der Waals surface area contributed by atoms with Crippen LogP contribution in [0.1, 0.15) is 70.7 Å². The van der Waals surface area contributed by atoms with Crippen molar-refractivity contribution in [1.82, 2.24) is 10.2 Å². The number of carboxylic acid groups (broad SMARTS) is 1. The zero-order chi connectivity index (χ0) is 28.9. The Hall–Kier alpha value is -3.00. The number of hydrogen-bond donors (Lipinski definition) is 2. The minimum absolute atomic E-state index is 0.0952. The van der Waals surface area contributed by atoms with Crippen molar-refractivity contribution in [2.75, 3.05) is 7.11 Å². The Morgan fingerprint density at radius 3 is 2.18 bits per heavy atom. The number of carbonyl (C=O) groups is 2. The highest BCUT2D eigenvalue weighted by Gasteiger charge is 2.66. The topological polar surface area (TPSA) is 78.9 Å². The van der Waals surface area contributed by atoms with Gasteiger partial charge in [0.1, 0.15) is 17.7 Å². The smallest absolute Gasteiger partial charge is 0.326 e. The molecular weight excluding hydrogens is 502 g/mol. The number of benzene rings is 2. The van der Waals surface area contributed by atoms with Gasteiger partial charge in [-0.3, -0.25) is 4.79 Å². The zero-order valence-electron chi connectivity index (χ0n) is 23.8. The summed E-state index contributed by atoms with van der Waals surface area (Å²) in [5.41, 5.74) is 2.07. The summed E-state index contributed by atoms with van der Waals surface area (Å²) in [7, 11) is 1.60. The monoisotopic (exact) mass is 542 g/mol. The van der Waals surface area contributed by atoms with E-state index in [0.29, 0.717) is 17.9 Å². The van der Waals surface area contributed by atoms with Crippen molar-refractivity contribution in [3.63, 3.8) is 0 Å². The molecule has 1 unspecified atom stereocenters. The van der Waals surface area contributed by atoms with Gasteiger partial charge in [0.05, 0.1) is 13.2 Å². The van der Waals surface area contributed by atoms with Crippen molar-refractivity contribution < 1.29 is 28.2 Å². The lowest BCUT2D eigenvalue weighted by Crippen LogP contribution is -2.48. The van der Waals surface area contributed by atoms with Gasteiger partial charge < -0.3 is 20.1 Å². The maximum absolute atomic E-state index is 14.1. The second-order valence-electron chi connectivity index (χ2n) is 13.0. The van der Waals surface area contributed by atoms with Gasteiger partial charge in [-0.25, -0.2) is 13.6 Å². The number of halogens is 2. The maximum atomic E-state index is 14.1. The molecule has 1 saturated carbocycles. The SMILES string of the molecule is COc1ccc(C(C)(C)C)cc1CN[C@H]1[C@H](C(C)(C)C)[C@@H](C(=O)O)N(C(=O)C2CC2(F)F)[C@H]1c1ccccc1. The first-order valence-corrected chi connectivity index (χ1v) is 13.5. The average Bonchev–Trinajstić information content (AvgIpc) is 3.34. The van der Waals surface area contributed by atoms with Crippen LogP contribution in [0.25, 0.3) is 0 Å². The summed E-state index contributed by atoms with van der Waals surface area (Å²) in [5.74, 6) is -6.46. The van der Waals surface area contributed by atoms with Gasteiger partial charge in [-0.15, -0.1) is 0 Å². The lowest BCUT2D eigenvalue weighted by molar-refractivity contribution is -0.153. The number of likely N-dealkylation sites (tertiary alicyclic amines) is 1. The molecule has 0 bridgehead atoms. The van der Waals surface area contributed by atoms with Crippen molar-refractivity contribution in [1.29, 1.82) is 0 Å². The molecule has 39 heavy (non-hydrogen) atoms. The summed E-state index contributed by atoms with van der Waals surface area (Å²) in [5, 5.41) is 14.0. The van der Waals surface area contributed by atoms with Crippen LogP contribution in [0.3, 0.4) is 0 Å². The molecule has 212 valence electrons. The summed E-state index contributed by atoms with van der Waals surface area (Å²) >= 11 is 0. The number of nitrogens with one attached hydrogen (secondary N) is 1. The summed E-state index contributed by atoms with van der Waals surface area (Å²) in [6.07, 6.45) is -0.550. The number of hydrogen-bond acceptors (Lipinski definition) is 4. The molecule has 0 spiro atoms. The van der Waals surface area contributed by atoms with Crippen molar-refractivity contribution in [3.8, 4) is 5.75 Å². The van der Waals surface area contributed by atoms with E-state index >= 15 is 0 Å². The van der Waals surface area contributed by atoms with Gasteiger partial charge in [-0.1, -0.05) is 84.0 Å². The Bertz CT molecular complexity index is 1220. The number of nitrogens with zero attached hydrogens (tertiary/aromatic N) is 1. The molecule has 1 heterocycles. The number of aliphatic carboxylic acids is 1. The van der Waals surface area contributed by atoms with Crippen LogP contribution in [0.2, 0.25) is 0 Å². The molecule has 2 aliphatic rings. The quantitative estimate of drug-likeness (QED) is 0.462. The fraction of sp³-hybridized carbons (Fsp3) is 0.548. The normalized spacial score (nSPS) is 26.4. The number of carbonyl (C=O) groups excluding carboxylic acids is 1. The Balaban J connectivity index is 1.81. The van der Waals surface area contributed by atoms with E-state index in [9.17, 15) is 23.5 Å². The first kappa shape index (κ1) is 29.0. The molecule has 1 aliphatic heterocycles. The minimum Gasteiger partial charge on any atom is -0.496 e. The predicted octanol–water partition coefficient (Wildman–Crippen LogP) is 5.81. The fourth-order valence-corrected chi connectivity index (χ4v) is 6.00. The van der Waals surface area contributed by atoms with Crippen LogP contribution in [-0.2, 0) is 21.5 Å². The molecular formula is C31H40F2N2O4. The second-order valence-corrected chi connectivity index (χ2v) is 13.0. The third-order valence-corrected chi connectivity index (χ3v) is 8.11. The lowest BCUT2D eigenvalue weighted by atomic mass is 9.72. The van der Waals surface area contributed by atoms with Crippen LogP contribution < -0.4 is 10.1 Å². The number of amides is 1. The van der Waals surface area contributed by atoms with Gasteiger partial charge >= 0.3 is 5.97 Å². The van der Waals surface area contributed by atoms with E-state index in [1.54, 1.807) is 7.11 Å². The van der Waals surface area contributed by atoms with Crippen molar-refractivity contribution in [2.24, 2.45) is 17.3 Å². The van der Waals surface area contributed by atoms with Crippen LogP contribution in [0.5, 0.6) is 5.75 Å². The molecule has 1 saturated heterocycles. The van der Waals surface area contributed by atoms with Gasteiger partial charge in [0.15, 0.2) is 0 Å². The van der Waals surface area contributed by atoms with Crippen molar-refractivity contribution in [3.05, 3.63) is 65.2 Å². The second kappa shape index (κ2) is 10.2. The van der Waals surface area contributed by atoms with E-state index in [2.05, 4.69) is 32.2 Å². The number of methoxy groups -OCH3 is 1. The lowest BCUT2D eigenvalue weighted by Gasteiger charge is -2.35. The Morgan fingerprint density at radius 2 is 1.69 bits per heavy atom. The summed E-state index contributed by atoms with van der Waals surface area (Å²) < 4.78 is 33.9. The number of alkyl halides is 2. The summed E-state index contributed by atoms with van der Waals surface area (Å²) in [6.45, 7) is 12.5. The molecule has 1 aliphatic carbocycles. The predicted molar refractivity (Wildman–Crippen MR) is 146 cm³/mol. The van der Waals surface area contributed by atoms with Gasteiger partial charge in [-0.2, -0.15) is 0 Å². The van der Waals surface area contributed by atoms with E-state index in [1.165, 1.54) is 4.90 Å². The largest absolute Gasteiger partial charge is 0.496 e. The van der Waals surface area contributed by atoms with Crippen LogP contribution in [0, 0.1) is 17.3 Å². The zero-order valence-corrected chi connectivity index (χ0v) is 23.8. The van der Waals surface area contributed by atoms with E-state index in [1.807, 2.05) is 63.2 Å². The van der Waals surface area contributed by atoms with E-state index in [-0.39, 0.29) is 5.41 Å². The number of ether oxygens (including phenoxy) is 1. The summed E-state index contributed by atoms with van der Waals surface area (Å²) in [4.78, 5) is 27.6. The van der Waals surface area contributed by atoms with Crippen molar-refractivity contribution >= 4 is 11.9 Å². The molecule has 2 aromatic carbocycles. The van der Waals surface area contributed by atoms with E-state index in [0.717, 1.165) is 11.1 Å². The highest BCUT2D eigenvalue weighted by molar-refractivity contribution is 5.89. The third-order valence-electron chi connectivity index (χ3n) is 8.11. The highest BCUT2D eigenvalue weighted by Crippen LogP contribution is 2.54. The molecule has 1 amide bonds. The average molecular weight is 543 g/mol. The van der Waals surface area contributed by atoms with Gasteiger partial charge in [-0.05, 0) is 28.0 Å². The Morgan fingerprint density at radius 1 is 1.08 bits per heavy atom. The standard InChI is InChI=1S/C31H40F2N2O4/c1-29(2,3)20-13-14-22(39-7)19(15-20)17-34-24-23(30(4,5)6)26(28(37)38)35(27(36)21-16-31(21,32)33)25(24)18-11-9-8-10-12-18/h8-15,21,23-26,34H,16-17H2,1-7H3,(H,37,38)/t21?,23-,24-,25-,26-/m0/s1. The third kappa shape index (κ3) is 5.67. The number of carboxylic acids is 1. The van der Waals surface area contributed by atoms with Gasteiger partial charge in [0, 0.05) is 30.5 Å². The maximum Gasteiger partial charge on any atom is 0.326 e. The van der Waals surface area contributed by atoms with Crippen LogP contribution >= 0.6 is 0 Å².